The fourth-order valence-corrected chi connectivity index (χ4v) is 3.61. The summed E-state index contributed by atoms with van der Waals surface area (Å²) in [6.07, 6.45) is 1.31. The third kappa shape index (κ3) is 3.41. The summed E-state index contributed by atoms with van der Waals surface area (Å²) in [5, 5.41) is 3.97. The van der Waals surface area contributed by atoms with Crippen LogP contribution in [0.2, 0.25) is 0 Å². The first-order chi connectivity index (χ1) is 12.1. The summed E-state index contributed by atoms with van der Waals surface area (Å²) in [7, 11) is 1.61. The number of amides is 2. The van der Waals surface area contributed by atoms with Crippen molar-refractivity contribution >= 4 is 11.8 Å². The summed E-state index contributed by atoms with van der Waals surface area (Å²) in [6.45, 7) is 5.82. The molecule has 2 aliphatic heterocycles. The first kappa shape index (κ1) is 17.9. The third-order valence-corrected chi connectivity index (χ3v) is 4.97. The van der Waals surface area contributed by atoms with Gasteiger partial charge in [0, 0.05) is 26.7 Å². The number of aromatic nitrogens is 1. The number of hydrogen-bond donors (Lipinski definition) is 0. The molecule has 0 bridgehead atoms. The normalized spacial score (nSPS) is 23.7. The van der Waals surface area contributed by atoms with E-state index in [1.807, 2.05) is 6.92 Å². The minimum absolute atomic E-state index is 0.0344. The Hall–Kier alpha value is -1.93. The number of morpholine rings is 1. The molecule has 0 saturated carbocycles. The lowest BCUT2D eigenvalue weighted by Gasteiger charge is -2.46. The van der Waals surface area contributed by atoms with Crippen molar-refractivity contribution in [3.05, 3.63) is 17.0 Å². The number of aryl methyl sites for hydroxylation is 2. The van der Waals surface area contributed by atoms with E-state index in [9.17, 15) is 9.59 Å². The average Bonchev–Trinajstić information content (AvgIpc) is 3.00. The van der Waals surface area contributed by atoms with Crippen LogP contribution in [-0.2, 0) is 20.7 Å². The van der Waals surface area contributed by atoms with Crippen LogP contribution in [0, 0.1) is 6.92 Å². The average molecular weight is 351 g/mol. The van der Waals surface area contributed by atoms with Crippen molar-refractivity contribution < 1.29 is 23.6 Å². The van der Waals surface area contributed by atoms with Crippen LogP contribution in [0.3, 0.4) is 0 Å². The number of rotatable bonds is 5. The minimum atomic E-state index is -0.139. The van der Waals surface area contributed by atoms with Gasteiger partial charge < -0.3 is 23.8 Å². The first-order valence-corrected chi connectivity index (χ1v) is 8.71. The second-order valence-corrected chi connectivity index (χ2v) is 6.45. The third-order valence-electron chi connectivity index (χ3n) is 4.97. The number of hydrogen-bond acceptors (Lipinski definition) is 6. The van der Waals surface area contributed by atoms with Gasteiger partial charge in [-0.2, -0.15) is 0 Å². The Bertz CT molecular complexity index is 644. The van der Waals surface area contributed by atoms with E-state index >= 15 is 0 Å². The van der Waals surface area contributed by atoms with E-state index in [-0.39, 0.29) is 30.6 Å². The van der Waals surface area contributed by atoms with Gasteiger partial charge in [0.2, 0.25) is 5.91 Å². The van der Waals surface area contributed by atoms with Crippen molar-refractivity contribution in [2.24, 2.45) is 0 Å². The van der Waals surface area contributed by atoms with Crippen molar-refractivity contribution in [2.75, 3.05) is 40.0 Å². The standard InChI is InChI=1S/C17H25N3O5/c1-4-12-16(11(2)25-18-12)17(22)19-6-5-14-13(9-19)20(7-8-23-3)15(21)10-24-14/h13-14H,4-10H2,1-3H3/t13-,14+/m0/s1. The topological polar surface area (TPSA) is 85.1 Å². The number of nitrogens with zero attached hydrogens (tertiary/aromatic N) is 3. The summed E-state index contributed by atoms with van der Waals surface area (Å²) in [6, 6.07) is -0.139. The van der Waals surface area contributed by atoms with Gasteiger partial charge in [0.1, 0.15) is 17.9 Å². The molecule has 1 aromatic rings. The predicted molar refractivity (Wildman–Crippen MR) is 88.3 cm³/mol. The predicted octanol–water partition coefficient (Wildman–Crippen LogP) is 0.634. The molecule has 2 atom stereocenters. The van der Waals surface area contributed by atoms with Crippen LogP contribution in [0.5, 0.6) is 0 Å². The molecule has 2 aliphatic rings. The number of methoxy groups -OCH3 is 1. The largest absolute Gasteiger partial charge is 0.383 e. The summed E-state index contributed by atoms with van der Waals surface area (Å²) >= 11 is 0. The van der Waals surface area contributed by atoms with Crippen molar-refractivity contribution in [1.82, 2.24) is 15.0 Å². The van der Waals surface area contributed by atoms with E-state index in [2.05, 4.69) is 5.16 Å². The maximum absolute atomic E-state index is 13.0. The van der Waals surface area contributed by atoms with Crippen LogP contribution in [0.15, 0.2) is 4.52 Å². The van der Waals surface area contributed by atoms with Gasteiger partial charge in [0.05, 0.1) is 24.4 Å². The number of likely N-dealkylation sites (tertiary alicyclic amines) is 1. The molecule has 0 aromatic carbocycles. The Kier molecular flexibility index (Phi) is 5.39. The molecule has 3 heterocycles. The number of carbonyl (C=O) groups is 2. The smallest absolute Gasteiger partial charge is 0.259 e. The van der Waals surface area contributed by atoms with E-state index in [1.165, 1.54) is 0 Å². The Balaban J connectivity index is 1.78. The van der Waals surface area contributed by atoms with Crippen LogP contribution in [0.4, 0.5) is 0 Å². The zero-order valence-corrected chi connectivity index (χ0v) is 15.0. The highest BCUT2D eigenvalue weighted by atomic mass is 16.5. The first-order valence-electron chi connectivity index (χ1n) is 8.71. The maximum atomic E-state index is 13.0. The van der Waals surface area contributed by atoms with E-state index in [0.29, 0.717) is 56.1 Å². The lowest BCUT2D eigenvalue weighted by Crippen LogP contribution is -2.63. The van der Waals surface area contributed by atoms with Crippen LogP contribution in [0.1, 0.15) is 35.2 Å². The van der Waals surface area contributed by atoms with E-state index in [0.717, 1.165) is 0 Å². The Labute approximate surface area is 147 Å². The molecule has 25 heavy (non-hydrogen) atoms. The molecule has 2 amide bonds. The van der Waals surface area contributed by atoms with Gasteiger partial charge >= 0.3 is 0 Å². The molecule has 0 radical (unpaired) electrons. The SMILES string of the molecule is CCc1noc(C)c1C(=O)N1CC[C@H]2OCC(=O)N(CCOC)[C@H]2C1. The number of carbonyl (C=O) groups excluding carboxylic acids is 2. The molecule has 0 aliphatic carbocycles. The maximum Gasteiger partial charge on any atom is 0.259 e. The summed E-state index contributed by atoms with van der Waals surface area (Å²) in [5.74, 6) is 0.401. The van der Waals surface area contributed by atoms with Gasteiger partial charge in [-0.15, -0.1) is 0 Å². The monoisotopic (exact) mass is 351 g/mol. The van der Waals surface area contributed by atoms with Crippen molar-refractivity contribution in [3.63, 3.8) is 0 Å². The minimum Gasteiger partial charge on any atom is -0.383 e. The van der Waals surface area contributed by atoms with Crippen LogP contribution < -0.4 is 0 Å². The number of ether oxygens (including phenoxy) is 2. The van der Waals surface area contributed by atoms with E-state index in [4.69, 9.17) is 14.0 Å². The van der Waals surface area contributed by atoms with Crippen molar-refractivity contribution in [2.45, 2.75) is 38.8 Å². The lowest BCUT2D eigenvalue weighted by molar-refractivity contribution is -0.163. The highest BCUT2D eigenvalue weighted by molar-refractivity contribution is 5.96. The summed E-state index contributed by atoms with van der Waals surface area (Å²) < 4.78 is 16.0. The van der Waals surface area contributed by atoms with Crippen LogP contribution in [-0.4, -0.2) is 78.9 Å². The van der Waals surface area contributed by atoms with Gasteiger partial charge in [-0.05, 0) is 19.8 Å². The van der Waals surface area contributed by atoms with Crippen molar-refractivity contribution in [1.29, 1.82) is 0 Å². The van der Waals surface area contributed by atoms with E-state index < -0.39 is 0 Å². The molecule has 138 valence electrons. The van der Waals surface area contributed by atoms with Gasteiger partial charge in [-0.1, -0.05) is 12.1 Å². The molecule has 0 spiro atoms. The summed E-state index contributed by atoms with van der Waals surface area (Å²) in [5.41, 5.74) is 1.23. The molecule has 0 N–H and O–H groups in total. The number of fused-ring (bicyclic) bond motifs is 1. The van der Waals surface area contributed by atoms with Gasteiger partial charge in [0.15, 0.2) is 0 Å². The summed E-state index contributed by atoms with van der Waals surface area (Å²) in [4.78, 5) is 28.8. The van der Waals surface area contributed by atoms with Crippen molar-refractivity contribution in [3.8, 4) is 0 Å². The highest BCUT2D eigenvalue weighted by Gasteiger charge is 2.42. The molecule has 8 nitrogen and oxygen atoms in total. The Morgan fingerprint density at radius 3 is 2.96 bits per heavy atom. The van der Waals surface area contributed by atoms with Gasteiger partial charge in [0.25, 0.3) is 5.91 Å². The zero-order valence-electron chi connectivity index (χ0n) is 15.0. The fraction of sp³-hybridized carbons (Fsp3) is 0.706. The van der Waals surface area contributed by atoms with Crippen LogP contribution in [0.25, 0.3) is 0 Å². The Morgan fingerprint density at radius 2 is 2.24 bits per heavy atom. The molecule has 1 aromatic heterocycles. The molecular formula is C17H25N3O5. The van der Waals surface area contributed by atoms with Crippen LogP contribution >= 0.6 is 0 Å². The van der Waals surface area contributed by atoms with Gasteiger partial charge in [-0.25, -0.2) is 0 Å². The molecule has 2 saturated heterocycles. The molecule has 8 heteroatoms. The molecule has 3 rings (SSSR count). The molecular weight excluding hydrogens is 326 g/mol. The van der Waals surface area contributed by atoms with Gasteiger partial charge in [-0.3, -0.25) is 9.59 Å². The highest BCUT2D eigenvalue weighted by Crippen LogP contribution is 2.26. The fourth-order valence-electron chi connectivity index (χ4n) is 3.61. The number of piperidine rings is 1. The molecule has 2 fully saturated rings. The van der Waals surface area contributed by atoms with E-state index in [1.54, 1.807) is 23.8 Å². The second kappa shape index (κ2) is 7.53. The lowest BCUT2D eigenvalue weighted by atomic mass is 9.97. The molecule has 0 unspecified atom stereocenters. The quantitative estimate of drug-likeness (QED) is 0.774. The zero-order chi connectivity index (χ0) is 18.0. The Morgan fingerprint density at radius 1 is 1.44 bits per heavy atom. The second-order valence-electron chi connectivity index (χ2n) is 6.45.